The maximum atomic E-state index is 13.0. The lowest BCUT2D eigenvalue weighted by atomic mass is 10.2. The standard InChI is InChI=1S/C18H15FN2O5S/c1-25-17-7-4-14(20-18(22)12-8-9-26-11-12)10-16(17)21-27(23,24)15-5-2-13(19)3-6-15/h2-11,21H,1H3,(H,20,22). The first-order chi connectivity index (χ1) is 12.9. The Labute approximate surface area is 154 Å². The van der Waals surface area contributed by atoms with Crippen molar-refractivity contribution in [2.45, 2.75) is 4.90 Å². The highest BCUT2D eigenvalue weighted by molar-refractivity contribution is 7.92. The van der Waals surface area contributed by atoms with E-state index in [0.717, 1.165) is 24.3 Å². The Kier molecular flexibility index (Phi) is 5.13. The second-order valence-electron chi connectivity index (χ2n) is 5.44. The van der Waals surface area contributed by atoms with Crippen LogP contribution in [0.4, 0.5) is 15.8 Å². The van der Waals surface area contributed by atoms with Crippen LogP contribution >= 0.6 is 0 Å². The third kappa shape index (κ3) is 4.26. The summed E-state index contributed by atoms with van der Waals surface area (Å²) in [6.45, 7) is 0. The summed E-state index contributed by atoms with van der Waals surface area (Å²) in [6, 6.07) is 10.4. The van der Waals surface area contributed by atoms with Crippen LogP contribution < -0.4 is 14.8 Å². The number of amides is 1. The molecule has 3 rings (SSSR count). The largest absolute Gasteiger partial charge is 0.495 e. The third-order valence-corrected chi connectivity index (χ3v) is 4.99. The molecule has 1 aromatic heterocycles. The minimum atomic E-state index is -3.98. The molecule has 0 aliphatic rings. The van der Waals surface area contributed by atoms with E-state index in [4.69, 9.17) is 9.15 Å². The Hall–Kier alpha value is -3.33. The van der Waals surface area contributed by atoms with Gasteiger partial charge in [0.25, 0.3) is 15.9 Å². The van der Waals surface area contributed by atoms with Crippen LogP contribution in [0.15, 0.2) is 70.4 Å². The summed E-state index contributed by atoms with van der Waals surface area (Å²) in [5.41, 5.74) is 0.782. The predicted molar refractivity (Wildman–Crippen MR) is 96.9 cm³/mol. The quantitative estimate of drug-likeness (QED) is 0.672. The zero-order valence-electron chi connectivity index (χ0n) is 14.1. The van der Waals surface area contributed by atoms with Gasteiger partial charge in [0.15, 0.2) is 0 Å². The molecular weight excluding hydrogens is 375 g/mol. The van der Waals surface area contributed by atoms with Gasteiger partial charge in [-0.15, -0.1) is 0 Å². The van der Waals surface area contributed by atoms with Crippen molar-refractivity contribution in [3.05, 3.63) is 72.4 Å². The van der Waals surface area contributed by atoms with E-state index in [0.29, 0.717) is 11.3 Å². The number of methoxy groups -OCH3 is 1. The molecule has 0 aliphatic carbocycles. The zero-order valence-corrected chi connectivity index (χ0v) is 14.9. The van der Waals surface area contributed by atoms with Crippen LogP contribution in [0.3, 0.4) is 0 Å². The van der Waals surface area contributed by atoms with Gasteiger partial charge in [0.1, 0.15) is 17.8 Å². The molecule has 0 bridgehead atoms. The van der Waals surface area contributed by atoms with Crippen molar-refractivity contribution in [2.75, 3.05) is 17.1 Å². The van der Waals surface area contributed by atoms with Gasteiger partial charge in [0.05, 0.1) is 29.5 Å². The summed E-state index contributed by atoms with van der Waals surface area (Å²) in [4.78, 5) is 12.0. The number of nitrogens with one attached hydrogen (secondary N) is 2. The van der Waals surface area contributed by atoms with Gasteiger partial charge in [0.2, 0.25) is 0 Å². The van der Waals surface area contributed by atoms with E-state index >= 15 is 0 Å². The maximum Gasteiger partial charge on any atom is 0.262 e. The number of hydrogen-bond acceptors (Lipinski definition) is 5. The average Bonchev–Trinajstić information content (AvgIpc) is 3.17. The number of anilines is 2. The molecule has 0 atom stereocenters. The van der Waals surface area contributed by atoms with Crippen molar-refractivity contribution in [2.24, 2.45) is 0 Å². The van der Waals surface area contributed by atoms with Crippen LogP contribution in [0.5, 0.6) is 5.75 Å². The molecule has 7 nitrogen and oxygen atoms in total. The molecule has 0 unspecified atom stereocenters. The molecule has 27 heavy (non-hydrogen) atoms. The number of carbonyl (C=O) groups excluding carboxylic acids is 1. The molecule has 2 aromatic carbocycles. The number of halogens is 1. The van der Waals surface area contributed by atoms with E-state index in [1.165, 1.54) is 37.8 Å². The maximum absolute atomic E-state index is 13.0. The van der Waals surface area contributed by atoms with E-state index in [2.05, 4.69) is 10.0 Å². The van der Waals surface area contributed by atoms with Gasteiger partial charge in [-0.2, -0.15) is 0 Å². The lowest BCUT2D eigenvalue weighted by molar-refractivity contribution is 0.102. The first-order valence-corrected chi connectivity index (χ1v) is 9.17. The van der Waals surface area contributed by atoms with Crippen molar-refractivity contribution in [3.63, 3.8) is 0 Å². The van der Waals surface area contributed by atoms with Gasteiger partial charge in [0, 0.05) is 5.69 Å². The summed E-state index contributed by atoms with van der Waals surface area (Å²) in [6.07, 6.45) is 2.65. The SMILES string of the molecule is COc1ccc(NC(=O)c2ccoc2)cc1NS(=O)(=O)c1ccc(F)cc1. The molecule has 0 radical (unpaired) electrons. The Morgan fingerprint density at radius 1 is 1.11 bits per heavy atom. The smallest absolute Gasteiger partial charge is 0.262 e. The van der Waals surface area contributed by atoms with Gasteiger partial charge in [-0.1, -0.05) is 0 Å². The fourth-order valence-corrected chi connectivity index (χ4v) is 3.34. The fraction of sp³-hybridized carbons (Fsp3) is 0.0556. The van der Waals surface area contributed by atoms with Crippen molar-refractivity contribution in [1.82, 2.24) is 0 Å². The van der Waals surface area contributed by atoms with Crippen molar-refractivity contribution >= 4 is 27.3 Å². The monoisotopic (exact) mass is 390 g/mol. The minimum absolute atomic E-state index is 0.112. The molecule has 0 saturated heterocycles. The van der Waals surface area contributed by atoms with Crippen LogP contribution in [0.25, 0.3) is 0 Å². The molecule has 1 amide bonds. The van der Waals surface area contributed by atoms with Crippen LogP contribution in [0.1, 0.15) is 10.4 Å². The van der Waals surface area contributed by atoms with E-state index in [1.807, 2.05) is 0 Å². The summed E-state index contributed by atoms with van der Waals surface area (Å²) in [5.74, 6) is -0.709. The van der Waals surface area contributed by atoms with Crippen LogP contribution in [0, 0.1) is 5.82 Å². The Bertz CT molecular complexity index is 1050. The Morgan fingerprint density at radius 3 is 2.48 bits per heavy atom. The van der Waals surface area contributed by atoms with Gasteiger partial charge in [-0.25, -0.2) is 12.8 Å². The van der Waals surface area contributed by atoms with E-state index in [1.54, 1.807) is 6.07 Å². The molecular formula is C18H15FN2O5S. The molecule has 0 saturated carbocycles. The molecule has 3 aromatic rings. The molecule has 9 heteroatoms. The van der Waals surface area contributed by atoms with Crippen molar-refractivity contribution in [1.29, 1.82) is 0 Å². The summed E-state index contributed by atoms with van der Waals surface area (Å²) in [7, 11) is -2.59. The highest BCUT2D eigenvalue weighted by Gasteiger charge is 2.18. The normalized spacial score (nSPS) is 11.0. The highest BCUT2D eigenvalue weighted by atomic mass is 32.2. The fourth-order valence-electron chi connectivity index (χ4n) is 2.28. The topological polar surface area (TPSA) is 97.6 Å². The van der Waals surface area contributed by atoms with Crippen molar-refractivity contribution in [3.8, 4) is 5.75 Å². The summed E-state index contributed by atoms with van der Waals surface area (Å²) >= 11 is 0. The second-order valence-corrected chi connectivity index (χ2v) is 7.12. The minimum Gasteiger partial charge on any atom is -0.495 e. The van der Waals surface area contributed by atoms with Gasteiger partial charge >= 0.3 is 0 Å². The number of hydrogen-bond donors (Lipinski definition) is 2. The summed E-state index contributed by atoms with van der Waals surface area (Å²) in [5, 5.41) is 2.63. The number of sulfonamides is 1. The first-order valence-electron chi connectivity index (χ1n) is 7.69. The Morgan fingerprint density at radius 2 is 1.85 bits per heavy atom. The van der Waals surface area contributed by atoms with Crippen molar-refractivity contribution < 1.29 is 26.8 Å². The molecule has 2 N–H and O–H groups in total. The molecule has 140 valence electrons. The van der Waals surface area contributed by atoms with Crippen LogP contribution in [-0.4, -0.2) is 21.4 Å². The van der Waals surface area contributed by atoms with Gasteiger partial charge in [-0.3, -0.25) is 9.52 Å². The van der Waals surface area contributed by atoms with Gasteiger partial charge in [-0.05, 0) is 48.5 Å². The van der Waals surface area contributed by atoms with E-state index < -0.39 is 21.7 Å². The third-order valence-electron chi connectivity index (χ3n) is 3.61. The lowest BCUT2D eigenvalue weighted by Gasteiger charge is -2.14. The molecule has 0 fully saturated rings. The lowest BCUT2D eigenvalue weighted by Crippen LogP contribution is -2.15. The Balaban J connectivity index is 1.87. The second kappa shape index (κ2) is 7.50. The number of furan rings is 1. The van der Waals surface area contributed by atoms with E-state index in [-0.39, 0.29) is 16.3 Å². The number of ether oxygens (including phenoxy) is 1. The number of carbonyl (C=O) groups is 1. The first kappa shape index (κ1) is 18.5. The summed E-state index contributed by atoms with van der Waals surface area (Å²) < 4.78 is 50.5. The molecule has 0 aliphatic heterocycles. The predicted octanol–water partition coefficient (Wildman–Crippen LogP) is 3.48. The molecule has 1 heterocycles. The van der Waals surface area contributed by atoms with Crippen LogP contribution in [0.2, 0.25) is 0 Å². The van der Waals surface area contributed by atoms with Crippen LogP contribution in [-0.2, 0) is 10.0 Å². The number of benzene rings is 2. The average molecular weight is 390 g/mol. The molecule has 0 spiro atoms. The van der Waals surface area contributed by atoms with E-state index in [9.17, 15) is 17.6 Å². The zero-order chi connectivity index (χ0) is 19.4. The highest BCUT2D eigenvalue weighted by Crippen LogP contribution is 2.30. The van der Waals surface area contributed by atoms with Gasteiger partial charge < -0.3 is 14.5 Å². The number of rotatable bonds is 6.